The number of hydrogen-bond acceptors (Lipinski definition) is 4. The smallest absolute Gasteiger partial charge is 0.323 e. The molecule has 1 fully saturated rings. The van der Waals surface area contributed by atoms with Crippen LogP contribution in [0.5, 0.6) is 0 Å². The Labute approximate surface area is 109 Å². The monoisotopic (exact) mass is 278 g/mol. The van der Waals surface area contributed by atoms with E-state index in [1.165, 1.54) is 18.3 Å². The molecule has 1 aliphatic rings. The first-order valence-corrected chi connectivity index (χ1v) is 7.55. The lowest BCUT2D eigenvalue weighted by atomic mass is 9.94. The van der Waals surface area contributed by atoms with Crippen LogP contribution in [0.2, 0.25) is 0 Å². The van der Waals surface area contributed by atoms with Gasteiger partial charge in [-0.15, -0.1) is 0 Å². The van der Waals surface area contributed by atoms with Gasteiger partial charge in [-0.1, -0.05) is 13.8 Å². The van der Waals surface area contributed by atoms with Crippen molar-refractivity contribution in [1.29, 1.82) is 0 Å². The highest BCUT2D eigenvalue weighted by Crippen LogP contribution is 2.22. The van der Waals surface area contributed by atoms with Crippen molar-refractivity contribution in [1.82, 2.24) is 9.03 Å². The van der Waals surface area contributed by atoms with Crippen molar-refractivity contribution in [3.05, 3.63) is 0 Å². The molecule has 0 aromatic carbocycles. The molecule has 0 spiro atoms. The molecule has 0 amide bonds. The minimum Gasteiger partial charge on any atom is -0.468 e. The lowest BCUT2D eigenvalue weighted by Gasteiger charge is -2.34. The van der Waals surface area contributed by atoms with Gasteiger partial charge in [0.2, 0.25) is 0 Å². The van der Waals surface area contributed by atoms with Gasteiger partial charge in [-0.05, 0) is 25.2 Å². The van der Waals surface area contributed by atoms with Crippen molar-refractivity contribution in [3.8, 4) is 0 Å². The quantitative estimate of drug-likeness (QED) is 0.753. The van der Waals surface area contributed by atoms with E-state index in [0.717, 1.165) is 6.42 Å². The van der Waals surface area contributed by atoms with Gasteiger partial charge < -0.3 is 4.74 Å². The van der Waals surface area contributed by atoms with E-state index in [9.17, 15) is 13.2 Å². The predicted octanol–water partition coefficient (Wildman–Crippen LogP) is 0.360. The Morgan fingerprint density at radius 1 is 1.33 bits per heavy atom. The van der Waals surface area contributed by atoms with Gasteiger partial charge in [0, 0.05) is 13.1 Å². The maximum Gasteiger partial charge on any atom is 0.323 e. The number of methoxy groups -OCH3 is 1. The normalized spacial score (nSPS) is 27.8. The second kappa shape index (κ2) is 5.99. The summed E-state index contributed by atoms with van der Waals surface area (Å²) in [4.78, 5) is 11.2. The predicted molar refractivity (Wildman–Crippen MR) is 68.1 cm³/mol. The fourth-order valence-electron chi connectivity index (χ4n) is 2.32. The third-order valence-electron chi connectivity index (χ3n) is 3.06. The van der Waals surface area contributed by atoms with Crippen molar-refractivity contribution in [2.24, 2.45) is 11.8 Å². The SMILES string of the molecule is COC(=O)C(C)NS(=O)(=O)N1CC(C)CC(C)C1. The van der Waals surface area contributed by atoms with E-state index in [1.807, 2.05) is 13.8 Å². The van der Waals surface area contributed by atoms with Crippen LogP contribution < -0.4 is 4.72 Å². The third-order valence-corrected chi connectivity index (χ3v) is 4.69. The molecule has 0 saturated carbocycles. The average Bonchev–Trinajstić information content (AvgIpc) is 2.26. The Balaban J connectivity index is 2.71. The topological polar surface area (TPSA) is 75.7 Å². The van der Waals surface area contributed by atoms with E-state index in [-0.39, 0.29) is 0 Å². The third kappa shape index (κ3) is 3.93. The molecule has 0 bridgehead atoms. The van der Waals surface area contributed by atoms with Gasteiger partial charge in [-0.2, -0.15) is 17.4 Å². The Morgan fingerprint density at radius 2 is 1.83 bits per heavy atom. The van der Waals surface area contributed by atoms with E-state index in [2.05, 4.69) is 9.46 Å². The van der Waals surface area contributed by atoms with Crippen LogP contribution in [0.1, 0.15) is 27.2 Å². The second-order valence-electron chi connectivity index (χ2n) is 5.13. The summed E-state index contributed by atoms with van der Waals surface area (Å²) in [6.07, 6.45) is 1.03. The number of nitrogens with one attached hydrogen (secondary N) is 1. The number of rotatable bonds is 4. The van der Waals surface area contributed by atoms with Crippen LogP contribution >= 0.6 is 0 Å². The highest BCUT2D eigenvalue weighted by Gasteiger charge is 2.32. The van der Waals surface area contributed by atoms with Gasteiger partial charge in [0.15, 0.2) is 0 Å². The van der Waals surface area contributed by atoms with Crippen LogP contribution in [0.15, 0.2) is 0 Å². The van der Waals surface area contributed by atoms with Crippen molar-refractivity contribution < 1.29 is 17.9 Å². The number of carbonyl (C=O) groups is 1. The zero-order valence-corrected chi connectivity index (χ0v) is 12.2. The van der Waals surface area contributed by atoms with Crippen molar-refractivity contribution >= 4 is 16.2 Å². The molecule has 0 aromatic rings. The average molecular weight is 278 g/mol. The summed E-state index contributed by atoms with van der Waals surface area (Å²) < 4.78 is 32.5. The minimum absolute atomic E-state index is 0.332. The molecular formula is C11H22N2O4S. The molecule has 0 radical (unpaired) electrons. The van der Waals surface area contributed by atoms with Crippen LogP contribution in [-0.4, -0.2) is 44.9 Å². The number of nitrogens with zero attached hydrogens (tertiary/aromatic N) is 1. The molecule has 1 N–H and O–H groups in total. The molecular weight excluding hydrogens is 256 g/mol. The molecule has 1 saturated heterocycles. The van der Waals surface area contributed by atoms with Crippen molar-refractivity contribution in [2.75, 3.05) is 20.2 Å². The van der Waals surface area contributed by atoms with E-state index < -0.39 is 22.2 Å². The van der Waals surface area contributed by atoms with Crippen LogP contribution in [0.4, 0.5) is 0 Å². The maximum atomic E-state index is 12.1. The molecule has 1 rings (SSSR count). The molecule has 18 heavy (non-hydrogen) atoms. The van der Waals surface area contributed by atoms with Crippen molar-refractivity contribution in [2.45, 2.75) is 33.2 Å². The van der Waals surface area contributed by atoms with Crippen LogP contribution in [0.3, 0.4) is 0 Å². The van der Waals surface area contributed by atoms with E-state index >= 15 is 0 Å². The number of hydrogen-bond donors (Lipinski definition) is 1. The first kappa shape index (κ1) is 15.4. The molecule has 7 heteroatoms. The van der Waals surface area contributed by atoms with Crippen LogP contribution in [-0.2, 0) is 19.7 Å². The second-order valence-corrected chi connectivity index (χ2v) is 6.83. The van der Waals surface area contributed by atoms with Crippen molar-refractivity contribution in [3.63, 3.8) is 0 Å². The first-order valence-electron chi connectivity index (χ1n) is 6.11. The summed E-state index contributed by atoms with van der Waals surface area (Å²) >= 11 is 0. The zero-order chi connectivity index (χ0) is 13.9. The molecule has 1 aliphatic heterocycles. The molecule has 0 aromatic heterocycles. The summed E-state index contributed by atoms with van der Waals surface area (Å²) in [5.74, 6) is 0.0780. The fraction of sp³-hybridized carbons (Fsp3) is 0.909. The van der Waals surface area contributed by atoms with E-state index in [1.54, 1.807) is 0 Å². The number of carbonyl (C=O) groups excluding carboxylic acids is 1. The fourth-order valence-corrected chi connectivity index (χ4v) is 3.92. The van der Waals surface area contributed by atoms with Gasteiger partial charge in [0.1, 0.15) is 6.04 Å². The summed E-state index contributed by atoms with van der Waals surface area (Å²) in [6, 6.07) is -0.868. The highest BCUT2D eigenvalue weighted by molar-refractivity contribution is 7.87. The summed E-state index contributed by atoms with van der Waals surface area (Å²) in [6.45, 7) is 6.52. The standard InChI is InChI=1S/C11H22N2O4S/c1-8-5-9(2)7-13(6-8)18(15,16)12-10(3)11(14)17-4/h8-10,12H,5-7H2,1-4H3. The molecule has 3 unspecified atom stereocenters. The zero-order valence-electron chi connectivity index (χ0n) is 11.3. The number of ether oxygens (including phenoxy) is 1. The van der Waals surface area contributed by atoms with Gasteiger partial charge in [0.25, 0.3) is 10.2 Å². The van der Waals surface area contributed by atoms with Gasteiger partial charge >= 0.3 is 5.97 Å². The Hall–Kier alpha value is -0.660. The Morgan fingerprint density at radius 3 is 2.28 bits per heavy atom. The largest absolute Gasteiger partial charge is 0.468 e. The summed E-state index contributed by atoms with van der Waals surface area (Å²) in [5.41, 5.74) is 0. The molecule has 6 nitrogen and oxygen atoms in total. The molecule has 0 aliphatic carbocycles. The van der Waals surface area contributed by atoms with Gasteiger partial charge in [0.05, 0.1) is 7.11 Å². The van der Waals surface area contributed by atoms with Gasteiger partial charge in [-0.25, -0.2) is 0 Å². The lowest BCUT2D eigenvalue weighted by Crippen LogP contribution is -2.51. The van der Waals surface area contributed by atoms with Gasteiger partial charge in [-0.3, -0.25) is 4.79 Å². The highest BCUT2D eigenvalue weighted by atomic mass is 32.2. The Bertz CT molecular complexity index is 386. The van der Waals surface area contributed by atoms with Crippen LogP contribution in [0.25, 0.3) is 0 Å². The van der Waals surface area contributed by atoms with E-state index in [4.69, 9.17) is 0 Å². The maximum absolute atomic E-state index is 12.1. The number of piperidine rings is 1. The molecule has 106 valence electrons. The summed E-state index contributed by atoms with van der Waals surface area (Å²) in [5, 5.41) is 0. The summed E-state index contributed by atoms with van der Waals surface area (Å²) in [7, 11) is -2.39. The minimum atomic E-state index is -3.62. The van der Waals surface area contributed by atoms with E-state index in [0.29, 0.717) is 24.9 Å². The number of esters is 1. The molecule has 3 atom stereocenters. The first-order chi connectivity index (χ1) is 8.26. The molecule has 1 heterocycles. The Kier molecular flexibility index (Phi) is 5.12. The van der Waals surface area contributed by atoms with Crippen LogP contribution in [0, 0.1) is 11.8 Å². The lowest BCUT2D eigenvalue weighted by molar-refractivity contribution is -0.142.